The second-order valence-corrected chi connectivity index (χ2v) is 6.65. The fraction of sp³-hybridized carbons (Fsp3) is 0.136. The molecule has 0 aromatic heterocycles. The SMILES string of the molecule is CCOc1ccc(C(=O)Nc2ccccc2Br)cc1COc1ccccc1. The molecule has 0 spiro atoms. The third-order valence-electron chi connectivity index (χ3n) is 3.88. The van der Waals surface area contributed by atoms with Crippen molar-refractivity contribution < 1.29 is 14.3 Å². The van der Waals surface area contributed by atoms with Gasteiger partial charge in [0.25, 0.3) is 5.91 Å². The van der Waals surface area contributed by atoms with Crippen LogP contribution >= 0.6 is 15.9 Å². The number of benzene rings is 3. The van der Waals surface area contributed by atoms with Gasteiger partial charge in [-0.25, -0.2) is 0 Å². The largest absolute Gasteiger partial charge is 0.493 e. The molecule has 1 amide bonds. The first-order chi connectivity index (χ1) is 13.2. The monoisotopic (exact) mass is 425 g/mol. The van der Waals surface area contributed by atoms with Crippen molar-refractivity contribution in [3.05, 3.63) is 88.4 Å². The van der Waals surface area contributed by atoms with Crippen LogP contribution in [-0.4, -0.2) is 12.5 Å². The Hall–Kier alpha value is -2.79. The minimum absolute atomic E-state index is 0.189. The Balaban J connectivity index is 1.79. The average molecular weight is 426 g/mol. The van der Waals surface area contributed by atoms with E-state index in [1.54, 1.807) is 12.1 Å². The van der Waals surface area contributed by atoms with Crippen molar-refractivity contribution in [3.63, 3.8) is 0 Å². The Morgan fingerprint density at radius 1 is 0.963 bits per heavy atom. The molecule has 0 atom stereocenters. The van der Waals surface area contributed by atoms with Gasteiger partial charge in [-0.1, -0.05) is 30.3 Å². The van der Waals surface area contributed by atoms with Gasteiger partial charge in [-0.2, -0.15) is 0 Å². The number of rotatable bonds is 7. The fourth-order valence-corrected chi connectivity index (χ4v) is 2.95. The van der Waals surface area contributed by atoms with E-state index in [9.17, 15) is 4.79 Å². The Morgan fingerprint density at radius 2 is 1.70 bits per heavy atom. The lowest BCUT2D eigenvalue weighted by Crippen LogP contribution is -2.13. The number of anilines is 1. The molecule has 0 saturated carbocycles. The third kappa shape index (κ3) is 5.11. The molecule has 0 aliphatic heterocycles. The molecule has 0 bridgehead atoms. The third-order valence-corrected chi connectivity index (χ3v) is 4.57. The molecule has 3 rings (SSSR count). The molecule has 1 N–H and O–H groups in total. The molecule has 138 valence electrons. The predicted octanol–water partition coefficient (Wildman–Crippen LogP) is 5.68. The summed E-state index contributed by atoms with van der Waals surface area (Å²) >= 11 is 3.44. The van der Waals surface area contributed by atoms with Crippen molar-refractivity contribution in [2.45, 2.75) is 13.5 Å². The van der Waals surface area contributed by atoms with Crippen LogP contribution in [-0.2, 0) is 6.61 Å². The normalized spacial score (nSPS) is 10.3. The van der Waals surface area contributed by atoms with E-state index in [-0.39, 0.29) is 5.91 Å². The number of nitrogens with one attached hydrogen (secondary N) is 1. The summed E-state index contributed by atoms with van der Waals surface area (Å²) in [5.74, 6) is 1.29. The lowest BCUT2D eigenvalue weighted by Gasteiger charge is -2.14. The maximum Gasteiger partial charge on any atom is 0.255 e. The number of halogens is 1. The lowest BCUT2D eigenvalue weighted by molar-refractivity contribution is 0.102. The second-order valence-electron chi connectivity index (χ2n) is 5.79. The molecule has 0 heterocycles. The maximum atomic E-state index is 12.6. The molecule has 0 aliphatic carbocycles. The molecule has 0 aliphatic rings. The molecule has 0 fully saturated rings. The van der Waals surface area contributed by atoms with Crippen LogP contribution in [0, 0.1) is 0 Å². The summed E-state index contributed by atoms with van der Waals surface area (Å²) in [4.78, 5) is 12.6. The van der Waals surface area contributed by atoms with Gasteiger partial charge < -0.3 is 14.8 Å². The first kappa shape index (κ1) is 19.0. The topological polar surface area (TPSA) is 47.6 Å². The van der Waals surface area contributed by atoms with E-state index in [1.807, 2.05) is 67.6 Å². The van der Waals surface area contributed by atoms with Crippen molar-refractivity contribution in [1.29, 1.82) is 0 Å². The summed E-state index contributed by atoms with van der Waals surface area (Å²) in [5, 5.41) is 2.91. The van der Waals surface area contributed by atoms with E-state index in [2.05, 4.69) is 21.2 Å². The highest BCUT2D eigenvalue weighted by atomic mass is 79.9. The maximum absolute atomic E-state index is 12.6. The Labute approximate surface area is 167 Å². The first-order valence-electron chi connectivity index (χ1n) is 8.67. The van der Waals surface area contributed by atoms with Gasteiger partial charge in [0.05, 0.1) is 12.3 Å². The van der Waals surface area contributed by atoms with Crippen LogP contribution in [0.25, 0.3) is 0 Å². The van der Waals surface area contributed by atoms with E-state index in [1.165, 1.54) is 0 Å². The van der Waals surface area contributed by atoms with Gasteiger partial charge in [0.1, 0.15) is 18.1 Å². The number of carbonyl (C=O) groups excluding carboxylic acids is 1. The number of hydrogen-bond donors (Lipinski definition) is 1. The summed E-state index contributed by atoms with van der Waals surface area (Å²) in [6, 6.07) is 22.4. The lowest BCUT2D eigenvalue weighted by atomic mass is 10.1. The summed E-state index contributed by atoms with van der Waals surface area (Å²) in [6.45, 7) is 2.78. The van der Waals surface area contributed by atoms with E-state index in [0.717, 1.165) is 21.5 Å². The van der Waals surface area contributed by atoms with Crippen LogP contribution in [0.4, 0.5) is 5.69 Å². The van der Waals surface area contributed by atoms with Crippen LogP contribution < -0.4 is 14.8 Å². The minimum Gasteiger partial charge on any atom is -0.493 e. The molecule has 4 nitrogen and oxygen atoms in total. The zero-order chi connectivity index (χ0) is 19.1. The Bertz CT molecular complexity index is 912. The highest BCUT2D eigenvalue weighted by Gasteiger charge is 2.12. The zero-order valence-corrected chi connectivity index (χ0v) is 16.5. The molecule has 0 radical (unpaired) electrons. The van der Waals surface area contributed by atoms with Crippen molar-refractivity contribution in [2.24, 2.45) is 0 Å². The Kier molecular flexibility index (Phi) is 6.49. The Morgan fingerprint density at radius 3 is 2.44 bits per heavy atom. The number of carbonyl (C=O) groups is 1. The van der Waals surface area contributed by atoms with Gasteiger partial charge in [0, 0.05) is 15.6 Å². The molecule has 5 heteroatoms. The summed E-state index contributed by atoms with van der Waals surface area (Å²) in [6.07, 6.45) is 0. The average Bonchev–Trinajstić information content (AvgIpc) is 2.70. The van der Waals surface area contributed by atoms with E-state index in [4.69, 9.17) is 9.47 Å². The highest BCUT2D eigenvalue weighted by Crippen LogP contribution is 2.25. The summed E-state index contributed by atoms with van der Waals surface area (Å²) < 4.78 is 12.3. The van der Waals surface area contributed by atoms with E-state index in [0.29, 0.717) is 24.5 Å². The highest BCUT2D eigenvalue weighted by molar-refractivity contribution is 9.10. The molecule has 0 saturated heterocycles. The van der Waals surface area contributed by atoms with Crippen LogP contribution in [0.3, 0.4) is 0 Å². The van der Waals surface area contributed by atoms with Gasteiger partial charge in [-0.15, -0.1) is 0 Å². The first-order valence-corrected chi connectivity index (χ1v) is 9.46. The number of hydrogen-bond acceptors (Lipinski definition) is 3. The van der Waals surface area contributed by atoms with Crippen molar-refractivity contribution >= 4 is 27.5 Å². The van der Waals surface area contributed by atoms with E-state index < -0.39 is 0 Å². The van der Waals surface area contributed by atoms with Gasteiger partial charge >= 0.3 is 0 Å². The van der Waals surface area contributed by atoms with Gasteiger partial charge in [0.15, 0.2) is 0 Å². The van der Waals surface area contributed by atoms with Crippen LogP contribution in [0.15, 0.2) is 77.3 Å². The van der Waals surface area contributed by atoms with Crippen molar-refractivity contribution in [3.8, 4) is 11.5 Å². The standard InChI is InChI=1S/C22H20BrNO3/c1-2-26-21-13-12-16(22(25)24-20-11-7-6-10-19(20)23)14-17(21)15-27-18-8-4-3-5-9-18/h3-14H,2,15H2,1H3,(H,24,25). The zero-order valence-electron chi connectivity index (χ0n) is 14.9. The molecule has 3 aromatic carbocycles. The van der Waals surface area contributed by atoms with Gasteiger partial charge in [0.2, 0.25) is 0 Å². The van der Waals surface area contributed by atoms with Crippen LogP contribution in [0.5, 0.6) is 11.5 Å². The van der Waals surface area contributed by atoms with Gasteiger partial charge in [-0.3, -0.25) is 4.79 Å². The molecule has 27 heavy (non-hydrogen) atoms. The van der Waals surface area contributed by atoms with Crippen molar-refractivity contribution in [2.75, 3.05) is 11.9 Å². The fourth-order valence-electron chi connectivity index (χ4n) is 2.56. The quantitative estimate of drug-likeness (QED) is 0.529. The smallest absolute Gasteiger partial charge is 0.255 e. The second kappa shape index (κ2) is 9.24. The van der Waals surface area contributed by atoms with Gasteiger partial charge in [-0.05, 0) is 65.3 Å². The summed E-state index contributed by atoms with van der Waals surface area (Å²) in [5.41, 5.74) is 2.08. The van der Waals surface area contributed by atoms with Crippen LogP contribution in [0.2, 0.25) is 0 Å². The molecular weight excluding hydrogens is 406 g/mol. The van der Waals surface area contributed by atoms with Crippen LogP contribution in [0.1, 0.15) is 22.8 Å². The van der Waals surface area contributed by atoms with E-state index >= 15 is 0 Å². The summed E-state index contributed by atoms with van der Waals surface area (Å²) in [7, 11) is 0. The van der Waals surface area contributed by atoms with Crippen molar-refractivity contribution in [1.82, 2.24) is 0 Å². The number of ether oxygens (including phenoxy) is 2. The molecule has 0 unspecified atom stereocenters. The predicted molar refractivity (Wildman–Crippen MR) is 110 cm³/mol. The number of amides is 1. The number of para-hydroxylation sites is 2. The molecule has 3 aromatic rings. The molecular formula is C22H20BrNO3. The minimum atomic E-state index is -0.189.